The van der Waals surface area contributed by atoms with Crippen LogP contribution in [0.4, 0.5) is 21.5 Å². The first-order chi connectivity index (χ1) is 17.4. The summed E-state index contributed by atoms with van der Waals surface area (Å²) in [7, 11) is 0. The van der Waals surface area contributed by atoms with E-state index in [-0.39, 0.29) is 36.3 Å². The molecule has 0 saturated carbocycles. The number of halogens is 1. The van der Waals surface area contributed by atoms with Crippen molar-refractivity contribution in [2.75, 3.05) is 17.2 Å². The normalized spacial score (nSPS) is 18.9. The fraction of sp³-hybridized carbons (Fsp3) is 0.222. The van der Waals surface area contributed by atoms with E-state index in [1.165, 1.54) is 24.3 Å². The molecule has 8 nitrogen and oxygen atoms in total. The Bertz CT molecular complexity index is 1390. The molecule has 184 valence electrons. The van der Waals surface area contributed by atoms with Gasteiger partial charge < -0.3 is 20.5 Å². The van der Waals surface area contributed by atoms with Crippen LogP contribution in [0.1, 0.15) is 42.9 Å². The van der Waals surface area contributed by atoms with Crippen LogP contribution in [-0.2, 0) is 4.79 Å². The number of ether oxygens (including phenoxy) is 1. The number of nitro groups is 1. The van der Waals surface area contributed by atoms with E-state index in [2.05, 4.69) is 10.6 Å². The predicted octanol–water partition coefficient (Wildman–Crippen LogP) is 5.82. The van der Waals surface area contributed by atoms with Crippen LogP contribution in [0.5, 0.6) is 11.5 Å². The summed E-state index contributed by atoms with van der Waals surface area (Å²) in [6.45, 7) is 1.91. The third-order valence-corrected chi connectivity index (χ3v) is 6.56. The van der Waals surface area contributed by atoms with E-state index in [1.54, 1.807) is 19.1 Å². The number of benzene rings is 3. The minimum absolute atomic E-state index is 0.0245. The van der Waals surface area contributed by atoms with Crippen molar-refractivity contribution >= 4 is 22.8 Å². The molecule has 1 aliphatic carbocycles. The first-order valence-electron chi connectivity index (χ1n) is 11.6. The van der Waals surface area contributed by atoms with Crippen LogP contribution >= 0.6 is 0 Å². The van der Waals surface area contributed by atoms with Crippen LogP contribution < -0.4 is 15.4 Å². The molecular weight excluding hydrogens is 465 g/mol. The maximum Gasteiger partial charge on any atom is 0.315 e. The number of fused-ring (bicyclic) bond motifs is 1. The number of nitro benzene ring substituents is 1. The van der Waals surface area contributed by atoms with Crippen LogP contribution in [0.3, 0.4) is 0 Å². The largest absolute Gasteiger partial charge is 0.500 e. The van der Waals surface area contributed by atoms with Gasteiger partial charge in [0.1, 0.15) is 5.82 Å². The summed E-state index contributed by atoms with van der Waals surface area (Å²) in [6, 6.07) is 15.7. The van der Waals surface area contributed by atoms with E-state index in [9.17, 15) is 24.4 Å². The van der Waals surface area contributed by atoms with Gasteiger partial charge in [-0.2, -0.15) is 0 Å². The minimum Gasteiger partial charge on any atom is -0.500 e. The first kappa shape index (κ1) is 23.3. The fourth-order valence-electron chi connectivity index (χ4n) is 4.90. The second-order valence-corrected chi connectivity index (χ2v) is 8.80. The number of phenols is 1. The van der Waals surface area contributed by atoms with Crippen molar-refractivity contribution in [3.8, 4) is 11.5 Å². The van der Waals surface area contributed by atoms with E-state index < -0.39 is 22.4 Å². The zero-order valence-corrected chi connectivity index (χ0v) is 19.5. The van der Waals surface area contributed by atoms with Crippen molar-refractivity contribution in [2.45, 2.75) is 31.7 Å². The lowest BCUT2D eigenvalue weighted by Crippen LogP contribution is -2.27. The number of ketones is 1. The molecule has 3 aromatic carbocycles. The lowest BCUT2D eigenvalue weighted by molar-refractivity contribution is -0.386. The summed E-state index contributed by atoms with van der Waals surface area (Å²) in [5, 5.41) is 28.9. The Labute approximate surface area is 206 Å². The lowest BCUT2D eigenvalue weighted by atomic mass is 9.78. The van der Waals surface area contributed by atoms with Crippen LogP contribution in [-0.4, -0.2) is 22.4 Å². The summed E-state index contributed by atoms with van der Waals surface area (Å²) >= 11 is 0. The molecule has 0 fully saturated rings. The number of hydrogen-bond donors (Lipinski definition) is 3. The Hall–Kier alpha value is -4.40. The van der Waals surface area contributed by atoms with Gasteiger partial charge in [-0.15, -0.1) is 0 Å². The number of carbonyl (C=O) groups excluding carboxylic acids is 1. The van der Waals surface area contributed by atoms with Gasteiger partial charge in [0, 0.05) is 23.8 Å². The van der Waals surface area contributed by atoms with Gasteiger partial charge in [0.05, 0.1) is 28.9 Å². The highest BCUT2D eigenvalue weighted by molar-refractivity contribution is 6.01. The number of carbonyl (C=O) groups is 1. The summed E-state index contributed by atoms with van der Waals surface area (Å²) < 4.78 is 19.0. The predicted molar refractivity (Wildman–Crippen MR) is 133 cm³/mol. The smallest absolute Gasteiger partial charge is 0.315 e. The Kier molecular flexibility index (Phi) is 6.05. The maximum atomic E-state index is 13.6. The minimum atomic E-state index is -0.726. The highest BCUT2D eigenvalue weighted by Gasteiger charge is 2.37. The van der Waals surface area contributed by atoms with Crippen LogP contribution in [0.25, 0.3) is 0 Å². The number of rotatable bonds is 5. The van der Waals surface area contributed by atoms with Crippen molar-refractivity contribution in [2.24, 2.45) is 0 Å². The Morgan fingerprint density at radius 1 is 1.08 bits per heavy atom. The summed E-state index contributed by atoms with van der Waals surface area (Å²) in [4.78, 5) is 24.7. The molecule has 3 N–H and O–H groups in total. The number of aromatic hydroxyl groups is 1. The molecule has 0 amide bonds. The van der Waals surface area contributed by atoms with Gasteiger partial charge in [0.2, 0.25) is 5.75 Å². The third-order valence-electron chi connectivity index (χ3n) is 6.56. The highest BCUT2D eigenvalue weighted by atomic mass is 19.1. The van der Waals surface area contributed by atoms with Crippen molar-refractivity contribution in [1.82, 2.24) is 0 Å². The molecule has 2 unspecified atom stereocenters. The Morgan fingerprint density at radius 3 is 2.50 bits per heavy atom. The van der Waals surface area contributed by atoms with E-state index in [1.807, 2.05) is 24.3 Å². The van der Waals surface area contributed by atoms with Crippen molar-refractivity contribution in [3.05, 3.63) is 99.0 Å². The first-order valence-corrected chi connectivity index (χ1v) is 11.6. The van der Waals surface area contributed by atoms with Gasteiger partial charge >= 0.3 is 5.69 Å². The molecule has 0 spiro atoms. The van der Waals surface area contributed by atoms with E-state index in [4.69, 9.17) is 4.74 Å². The van der Waals surface area contributed by atoms with Crippen molar-refractivity contribution in [1.29, 1.82) is 0 Å². The number of Topliss-reactive ketones (excluding diaryl/α,β-unsaturated/α-hetero) is 1. The van der Waals surface area contributed by atoms with E-state index in [0.717, 1.165) is 16.9 Å². The molecule has 36 heavy (non-hydrogen) atoms. The zero-order valence-electron chi connectivity index (χ0n) is 19.5. The third kappa shape index (κ3) is 4.24. The van der Waals surface area contributed by atoms with Crippen LogP contribution in [0.2, 0.25) is 0 Å². The number of nitrogens with zero attached hydrogens (tertiary/aromatic N) is 1. The SMILES string of the molecule is CCOc1cc(C2Nc3ccccc3NC3=C2C(=O)CC(c2ccc(F)cc2)C3)cc([N+](=O)[O-])c1O. The highest BCUT2D eigenvalue weighted by Crippen LogP contribution is 2.47. The zero-order chi connectivity index (χ0) is 25.4. The topological polar surface area (TPSA) is 114 Å². The number of nitrogens with one attached hydrogen (secondary N) is 2. The summed E-state index contributed by atoms with van der Waals surface area (Å²) in [6.07, 6.45) is 0.705. The van der Waals surface area contributed by atoms with Crippen molar-refractivity contribution in [3.63, 3.8) is 0 Å². The summed E-state index contributed by atoms with van der Waals surface area (Å²) in [5.41, 5.74) is 3.42. The molecule has 3 aromatic rings. The van der Waals surface area contributed by atoms with Gasteiger partial charge in [-0.25, -0.2) is 4.39 Å². The molecule has 0 saturated heterocycles. The molecule has 0 aromatic heterocycles. The Balaban J connectivity index is 1.65. The molecule has 2 aliphatic rings. The average molecular weight is 490 g/mol. The number of phenolic OH excluding ortho intramolecular Hbond substituents is 1. The number of hydrogen-bond acceptors (Lipinski definition) is 7. The molecule has 1 heterocycles. The average Bonchev–Trinajstić information content (AvgIpc) is 3.02. The molecule has 5 rings (SSSR count). The molecule has 2 atom stereocenters. The molecular formula is C27H24FN3O5. The molecule has 0 bridgehead atoms. The number of allylic oxidation sites excluding steroid dienone is 1. The van der Waals surface area contributed by atoms with Gasteiger partial charge in [0.25, 0.3) is 0 Å². The Morgan fingerprint density at radius 2 is 1.81 bits per heavy atom. The van der Waals surface area contributed by atoms with Gasteiger partial charge in [-0.3, -0.25) is 14.9 Å². The van der Waals surface area contributed by atoms with E-state index >= 15 is 0 Å². The maximum absolute atomic E-state index is 13.6. The van der Waals surface area contributed by atoms with E-state index in [0.29, 0.717) is 23.3 Å². The molecule has 9 heteroatoms. The second kappa shape index (κ2) is 9.33. The summed E-state index contributed by atoms with van der Waals surface area (Å²) in [5.74, 6) is -1.20. The van der Waals surface area contributed by atoms with Gasteiger partial charge in [-0.1, -0.05) is 24.3 Å². The van der Waals surface area contributed by atoms with Gasteiger partial charge in [-0.05, 0) is 60.7 Å². The lowest BCUT2D eigenvalue weighted by Gasteiger charge is -2.30. The van der Waals surface area contributed by atoms with Crippen LogP contribution in [0, 0.1) is 15.9 Å². The molecule has 0 radical (unpaired) electrons. The van der Waals surface area contributed by atoms with Crippen molar-refractivity contribution < 1.29 is 24.0 Å². The monoisotopic (exact) mass is 489 g/mol. The second-order valence-electron chi connectivity index (χ2n) is 8.80. The number of para-hydroxylation sites is 2. The van der Waals surface area contributed by atoms with Gasteiger partial charge in [0.15, 0.2) is 11.5 Å². The number of anilines is 2. The quantitative estimate of drug-likeness (QED) is 0.306. The fourth-order valence-corrected chi connectivity index (χ4v) is 4.90. The standard InChI is InChI=1S/C27H24FN3O5/c1-2-36-24-14-17(12-22(27(24)33)31(34)35)26-25-21(29-19-5-3-4-6-20(19)30-26)11-16(13-23(25)32)15-7-9-18(28)10-8-15/h3-10,12,14,16,26,29-30,33H,2,11,13H2,1H3. The van der Waals surface area contributed by atoms with Crippen LogP contribution in [0.15, 0.2) is 71.9 Å². The molecule has 1 aliphatic heterocycles.